The van der Waals surface area contributed by atoms with Crippen LogP contribution in [0.2, 0.25) is 0 Å². The molecular formula is C18H18IN3OS. The first-order valence-electron chi connectivity index (χ1n) is 7.90. The summed E-state index contributed by atoms with van der Waals surface area (Å²) in [5, 5.41) is 3.38. The maximum Gasteiger partial charge on any atom is 0.258 e. The lowest BCUT2D eigenvalue weighted by atomic mass is 9.92. The van der Waals surface area contributed by atoms with Gasteiger partial charge in [0.05, 0.1) is 5.56 Å². The SMILES string of the molecule is O=C(NC(=S)N1CCCC(c2cccnc2)C1)c1ccccc1I. The van der Waals surface area contributed by atoms with Gasteiger partial charge in [0.1, 0.15) is 0 Å². The lowest BCUT2D eigenvalue weighted by Gasteiger charge is -2.34. The number of benzene rings is 1. The van der Waals surface area contributed by atoms with Gasteiger partial charge < -0.3 is 4.90 Å². The molecule has 0 bridgehead atoms. The lowest BCUT2D eigenvalue weighted by molar-refractivity contribution is 0.0971. The number of carbonyl (C=O) groups excluding carboxylic acids is 1. The minimum atomic E-state index is -0.145. The van der Waals surface area contributed by atoms with E-state index < -0.39 is 0 Å². The van der Waals surface area contributed by atoms with Crippen LogP contribution in [0.1, 0.15) is 34.7 Å². The number of aromatic nitrogens is 1. The van der Waals surface area contributed by atoms with Gasteiger partial charge in [-0.05, 0) is 71.4 Å². The van der Waals surface area contributed by atoms with Gasteiger partial charge in [-0.2, -0.15) is 0 Å². The molecule has 0 radical (unpaired) electrons. The Bertz CT molecular complexity index is 738. The average Bonchev–Trinajstić information content (AvgIpc) is 2.63. The Hall–Kier alpha value is -1.54. The molecule has 124 valence electrons. The van der Waals surface area contributed by atoms with Gasteiger partial charge in [-0.15, -0.1) is 0 Å². The van der Waals surface area contributed by atoms with Gasteiger partial charge in [-0.3, -0.25) is 15.1 Å². The summed E-state index contributed by atoms with van der Waals surface area (Å²) in [6.45, 7) is 1.69. The number of pyridine rings is 1. The van der Waals surface area contributed by atoms with Crippen molar-refractivity contribution in [3.05, 3.63) is 63.5 Å². The maximum absolute atomic E-state index is 12.4. The standard InChI is InChI=1S/C18H18IN3OS/c19-16-8-2-1-7-15(16)17(23)21-18(24)22-10-4-6-14(12-22)13-5-3-9-20-11-13/h1-3,5,7-9,11,14H,4,6,10,12H2,(H,21,23,24). The number of thiocarbonyl (C=S) groups is 1. The third-order valence-corrected chi connectivity index (χ3v) is 5.50. The fourth-order valence-electron chi connectivity index (χ4n) is 2.94. The molecular weight excluding hydrogens is 433 g/mol. The molecule has 0 aliphatic carbocycles. The fourth-order valence-corrected chi connectivity index (χ4v) is 3.83. The first-order valence-corrected chi connectivity index (χ1v) is 9.38. The lowest BCUT2D eigenvalue weighted by Crippen LogP contribution is -2.46. The van der Waals surface area contributed by atoms with Gasteiger partial charge in [-0.1, -0.05) is 18.2 Å². The molecule has 3 rings (SSSR count). The topological polar surface area (TPSA) is 45.2 Å². The Morgan fingerprint density at radius 3 is 2.88 bits per heavy atom. The van der Waals surface area contributed by atoms with Crippen LogP contribution < -0.4 is 5.32 Å². The van der Waals surface area contributed by atoms with Crippen molar-refractivity contribution in [1.82, 2.24) is 15.2 Å². The van der Waals surface area contributed by atoms with Crippen molar-refractivity contribution < 1.29 is 4.79 Å². The van der Waals surface area contributed by atoms with Gasteiger partial charge in [0.15, 0.2) is 5.11 Å². The number of nitrogens with one attached hydrogen (secondary N) is 1. The van der Waals surface area contributed by atoms with Crippen molar-refractivity contribution in [1.29, 1.82) is 0 Å². The van der Waals surface area contributed by atoms with Crippen LogP contribution in [0.4, 0.5) is 0 Å². The van der Waals surface area contributed by atoms with Gasteiger partial charge in [0.2, 0.25) is 0 Å². The molecule has 4 nitrogen and oxygen atoms in total. The van der Waals surface area contributed by atoms with Crippen molar-refractivity contribution in [3.63, 3.8) is 0 Å². The second-order valence-electron chi connectivity index (χ2n) is 5.81. The number of likely N-dealkylation sites (tertiary alicyclic amines) is 1. The minimum absolute atomic E-state index is 0.145. The molecule has 1 aliphatic heterocycles. The third kappa shape index (κ3) is 4.10. The molecule has 1 aliphatic rings. The van der Waals surface area contributed by atoms with Crippen LogP contribution in [-0.4, -0.2) is 34.0 Å². The number of halogens is 1. The zero-order chi connectivity index (χ0) is 16.9. The molecule has 24 heavy (non-hydrogen) atoms. The fraction of sp³-hybridized carbons (Fsp3) is 0.278. The van der Waals surface area contributed by atoms with Crippen molar-refractivity contribution >= 4 is 45.8 Å². The van der Waals surface area contributed by atoms with Crippen molar-refractivity contribution in [2.24, 2.45) is 0 Å². The summed E-state index contributed by atoms with van der Waals surface area (Å²) < 4.78 is 0.919. The molecule has 1 aromatic heterocycles. The summed E-state index contributed by atoms with van der Waals surface area (Å²) in [4.78, 5) is 18.7. The average molecular weight is 451 g/mol. The van der Waals surface area contributed by atoms with E-state index in [0.29, 0.717) is 16.6 Å². The Kier molecular flexibility index (Phi) is 5.78. The van der Waals surface area contributed by atoms with E-state index in [-0.39, 0.29) is 5.91 Å². The van der Waals surface area contributed by atoms with Gasteiger partial charge in [-0.25, -0.2) is 0 Å². The number of nitrogens with zero attached hydrogens (tertiary/aromatic N) is 2. The molecule has 0 spiro atoms. The molecule has 1 N–H and O–H groups in total. The molecule has 1 unspecified atom stereocenters. The Morgan fingerprint density at radius 1 is 1.29 bits per heavy atom. The molecule has 2 aromatic rings. The maximum atomic E-state index is 12.4. The zero-order valence-electron chi connectivity index (χ0n) is 13.1. The van der Waals surface area contributed by atoms with Crippen LogP contribution in [-0.2, 0) is 0 Å². The normalized spacial score (nSPS) is 17.4. The highest BCUT2D eigenvalue weighted by Gasteiger charge is 2.24. The second kappa shape index (κ2) is 8.02. The monoisotopic (exact) mass is 451 g/mol. The number of piperidine rings is 1. The quantitative estimate of drug-likeness (QED) is 0.560. The molecule has 1 amide bonds. The smallest absolute Gasteiger partial charge is 0.258 e. The molecule has 1 aromatic carbocycles. The summed E-state index contributed by atoms with van der Waals surface area (Å²) in [6.07, 6.45) is 5.88. The number of amides is 1. The van der Waals surface area contributed by atoms with E-state index in [9.17, 15) is 4.79 Å². The van der Waals surface area contributed by atoms with Crippen LogP contribution in [0, 0.1) is 3.57 Å². The minimum Gasteiger partial charge on any atom is -0.348 e. The third-order valence-electron chi connectivity index (χ3n) is 4.20. The highest BCUT2D eigenvalue weighted by Crippen LogP contribution is 2.26. The number of hydrogen-bond donors (Lipinski definition) is 1. The Labute approximate surface area is 160 Å². The number of hydrogen-bond acceptors (Lipinski definition) is 3. The van der Waals surface area contributed by atoms with Gasteiger partial charge in [0.25, 0.3) is 5.91 Å². The zero-order valence-corrected chi connectivity index (χ0v) is 16.1. The largest absolute Gasteiger partial charge is 0.348 e. The van der Waals surface area contributed by atoms with E-state index in [1.54, 1.807) is 6.20 Å². The number of rotatable bonds is 2. The van der Waals surface area contributed by atoms with E-state index in [1.807, 2.05) is 36.5 Å². The highest BCUT2D eigenvalue weighted by molar-refractivity contribution is 14.1. The van der Waals surface area contributed by atoms with Gasteiger partial charge >= 0.3 is 0 Å². The molecule has 6 heteroatoms. The van der Waals surface area contributed by atoms with Gasteiger partial charge in [0, 0.05) is 35.0 Å². The Morgan fingerprint density at radius 2 is 2.12 bits per heavy atom. The van der Waals surface area contributed by atoms with E-state index in [2.05, 4.69) is 43.9 Å². The first kappa shape index (κ1) is 17.3. The summed E-state index contributed by atoms with van der Waals surface area (Å²) in [6, 6.07) is 11.6. The predicted octanol–water partition coefficient (Wildman–Crippen LogP) is 3.58. The van der Waals surface area contributed by atoms with Crippen LogP contribution in [0.5, 0.6) is 0 Å². The van der Waals surface area contributed by atoms with Crippen molar-refractivity contribution in [2.45, 2.75) is 18.8 Å². The van der Waals surface area contributed by atoms with E-state index >= 15 is 0 Å². The van der Waals surface area contributed by atoms with Crippen molar-refractivity contribution in [2.75, 3.05) is 13.1 Å². The summed E-state index contributed by atoms with van der Waals surface area (Å²) in [7, 11) is 0. The molecule has 1 fully saturated rings. The van der Waals surface area contributed by atoms with E-state index in [0.717, 1.165) is 29.5 Å². The summed E-state index contributed by atoms with van der Waals surface area (Å²) in [5.74, 6) is 0.257. The summed E-state index contributed by atoms with van der Waals surface area (Å²) >= 11 is 7.64. The molecule has 1 atom stereocenters. The predicted molar refractivity (Wildman–Crippen MR) is 107 cm³/mol. The van der Waals surface area contributed by atoms with Crippen LogP contribution in [0.3, 0.4) is 0 Å². The molecule has 1 saturated heterocycles. The Balaban J connectivity index is 1.65. The molecule has 2 heterocycles. The van der Waals surface area contributed by atoms with Crippen LogP contribution in [0.25, 0.3) is 0 Å². The second-order valence-corrected chi connectivity index (χ2v) is 7.36. The van der Waals surface area contributed by atoms with Crippen molar-refractivity contribution in [3.8, 4) is 0 Å². The molecule has 0 saturated carbocycles. The summed E-state index contributed by atoms with van der Waals surface area (Å²) in [5.41, 5.74) is 1.88. The first-order chi connectivity index (χ1) is 11.6. The van der Waals surface area contributed by atoms with Crippen LogP contribution >= 0.6 is 34.8 Å². The highest BCUT2D eigenvalue weighted by atomic mass is 127. The van der Waals surface area contributed by atoms with Crippen LogP contribution in [0.15, 0.2) is 48.8 Å². The van der Waals surface area contributed by atoms with E-state index in [4.69, 9.17) is 12.2 Å². The van der Waals surface area contributed by atoms with E-state index in [1.165, 1.54) is 5.56 Å². The number of carbonyl (C=O) groups is 1.